The highest BCUT2D eigenvalue weighted by Crippen LogP contribution is 2.49. The van der Waals surface area contributed by atoms with Crippen molar-refractivity contribution < 1.29 is 9.47 Å². The average molecular weight is 654 g/mol. The van der Waals surface area contributed by atoms with E-state index in [0.717, 1.165) is 73.2 Å². The maximum atomic E-state index is 6.97. The van der Waals surface area contributed by atoms with Gasteiger partial charge in [-0.05, 0) is 71.3 Å². The summed E-state index contributed by atoms with van der Waals surface area (Å²) in [6, 6.07) is 65.8. The Hall–Kier alpha value is -6.84. The fourth-order valence-corrected chi connectivity index (χ4v) is 7.53. The van der Waals surface area contributed by atoms with E-state index >= 15 is 0 Å². The number of aromatic nitrogens is 1. The topological polar surface area (TPSA) is 23.4 Å². The molecule has 0 spiro atoms. The zero-order chi connectivity index (χ0) is 33.7. The molecule has 240 valence electrons. The van der Waals surface area contributed by atoms with Gasteiger partial charge in [0.1, 0.15) is 23.0 Å². The van der Waals surface area contributed by atoms with Crippen LogP contribution >= 0.6 is 0 Å². The van der Waals surface area contributed by atoms with Crippen LogP contribution in [0.4, 0.5) is 0 Å². The van der Waals surface area contributed by atoms with Crippen LogP contribution in [-0.2, 0) is 0 Å². The van der Waals surface area contributed by atoms with Crippen molar-refractivity contribution in [2.45, 2.75) is 0 Å². The van der Waals surface area contributed by atoms with Crippen molar-refractivity contribution in [2.75, 3.05) is 0 Å². The van der Waals surface area contributed by atoms with Gasteiger partial charge in [0.25, 0.3) is 0 Å². The lowest BCUT2D eigenvalue weighted by Crippen LogP contribution is -1.99. The standard InChI is InChI=1S/C48H31NO2/c1-3-14-32(15-4-1)33-26-28-40-42-30-34(36-21-13-22-41-37-18-7-10-23-43(37)49(48(36)41)35-16-5-2-6-17-35)27-29-46(42)50-44-24-11-8-19-38(44)39-20-9-12-25-45(39)51-47(40)31-33/h1-31H. The Bertz CT molecular complexity index is 2740. The van der Waals surface area contributed by atoms with Crippen LogP contribution in [0.5, 0.6) is 23.0 Å². The van der Waals surface area contributed by atoms with Gasteiger partial charge in [0.2, 0.25) is 0 Å². The second kappa shape index (κ2) is 11.9. The van der Waals surface area contributed by atoms with Crippen LogP contribution < -0.4 is 9.47 Å². The van der Waals surface area contributed by atoms with Gasteiger partial charge in [0.05, 0.1) is 11.0 Å². The van der Waals surface area contributed by atoms with Crippen molar-refractivity contribution in [1.82, 2.24) is 4.57 Å². The van der Waals surface area contributed by atoms with Gasteiger partial charge in [-0.15, -0.1) is 0 Å². The molecule has 0 amide bonds. The van der Waals surface area contributed by atoms with Gasteiger partial charge < -0.3 is 14.0 Å². The number of hydrogen-bond donors (Lipinski definition) is 0. The van der Waals surface area contributed by atoms with Crippen molar-refractivity contribution in [2.24, 2.45) is 0 Å². The first kappa shape index (κ1) is 29.1. The zero-order valence-electron chi connectivity index (χ0n) is 27.7. The van der Waals surface area contributed by atoms with Gasteiger partial charge in [-0.2, -0.15) is 0 Å². The molecule has 0 N–H and O–H groups in total. The molecule has 3 nitrogen and oxygen atoms in total. The molecule has 0 bridgehead atoms. The number of hydrogen-bond acceptors (Lipinski definition) is 2. The van der Waals surface area contributed by atoms with Gasteiger partial charge in [-0.3, -0.25) is 0 Å². The quantitative estimate of drug-likeness (QED) is 0.189. The number of nitrogens with zero attached hydrogens (tertiary/aromatic N) is 1. The third-order valence-corrected chi connectivity index (χ3v) is 9.88. The number of benzene rings is 8. The summed E-state index contributed by atoms with van der Waals surface area (Å²) in [4.78, 5) is 0. The molecular formula is C48H31NO2. The monoisotopic (exact) mass is 653 g/mol. The number of para-hydroxylation sites is 5. The van der Waals surface area contributed by atoms with E-state index in [0.29, 0.717) is 0 Å². The van der Waals surface area contributed by atoms with E-state index in [1.54, 1.807) is 0 Å². The largest absolute Gasteiger partial charge is 0.456 e. The Balaban J connectivity index is 1.24. The normalized spacial score (nSPS) is 11.8. The van der Waals surface area contributed by atoms with Crippen LogP contribution in [0.1, 0.15) is 0 Å². The zero-order valence-corrected chi connectivity index (χ0v) is 27.7. The first-order valence-corrected chi connectivity index (χ1v) is 17.3. The molecule has 9 aromatic rings. The predicted octanol–water partition coefficient (Wildman–Crippen LogP) is 13.3. The third-order valence-electron chi connectivity index (χ3n) is 9.88. The molecule has 0 aliphatic carbocycles. The van der Waals surface area contributed by atoms with Gasteiger partial charge in [0.15, 0.2) is 0 Å². The fourth-order valence-electron chi connectivity index (χ4n) is 7.53. The van der Waals surface area contributed by atoms with Crippen LogP contribution in [-0.4, -0.2) is 4.57 Å². The van der Waals surface area contributed by atoms with E-state index in [1.165, 1.54) is 21.8 Å². The summed E-state index contributed by atoms with van der Waals surface area (Å²) in [6.45, 7) is 0. The van der Waals surface area contributed by atoms with Crippen LogP contribution in [0.3, 0.4) is 0 Å². The molecule has 1 aromatic heterocycles. The molecule has 2 heterocycles. The van der Waals surface area contributed by atoms with Crippen molar-refractivity contribution in [3.63, 3.8) is 0 Å². The molecule has 10 rings (SSSR count). The van der Waals surface area contributed by atoms with E-state index in [1.807, 2.05) is 42.5 Å². The summed E-state index contributed by atoms with van der Waals surface area (Å²) in [5.74, 6) is 3.08. The Kier molecular flexibility index (Phi) is 6.81. The summed E-state index contributed by atoms with van der Waals surface area (Å²) in [6.07, 6.45) is 0. The average Bonchev–Trinajstić information content (AvgIpc) is 3.54. The van der Waals surface area contributed by atoms with Crippen molar-refractivity contribution in [3.05, 3.63) is 188 Å². The maximum Gasteiger partial charge on any atom is 0.136 e. The minimum absolute atomic E-state index is 0.763. The molecule has 0 unspecified atom stereocenters. The third kappa shape index (κ3) is 4.90. The molecule has 0 radical (unpaired) electrons. The molecule has 1 aliphatic rings. The second-order valence-corrected chi connectivity index (χ2v) is 12.9. The minimum atomic E-state index is 0.763. The summed E-state index contributed by atoms with van der Waals surface area (Å²) in [7, 11) is 0. The number of ether oxygens (including phenoxy) is 2. The van der Waals surface area contributed by atoms with Crippen molar-refractivity contribution in [1.29, 1.82) is 0 Å². The van der Waals surface area contributed by atoms with Crippen LogP contribution in [0.2, 0.25) is 0 Å². The molecule has 0 saturated heterocycles. The van der Waals surface area contributed by atoms with Crippen molar-refractivity contribution >= 4 is 21.8 Å². The van der Waals surface area contributed by atoms with Crippen LogP contribution in [0.25, 0.3) is 72.0 Å². The lowest BCUT2D eigenvalue weighted by molar-refractivity contribution is 0.472. The number of rotatable bonds is 3. The lowest BCUT2D eigenvalue weighted by Gasteiger charge is -2.22. The van der Waals surface area contributed by atoms with E-state index in [-0.39, 0.29) is 0 Å². The van der Waals surface area contributed by atoms with Gasteiger partial charge in [0, 0.05) is 44.3 Å². The smallest absolute Gasteiger partial charge is 0.136 e. The van der Waals surface area contributed by atoms with Gasteiger partial charge >= 0.3 is 0 Å². The predicted molar refractivity (Wildman–Crippen MR) is 209 cm³/mol. The van der Waals surface area contributed by atoms with E-state index in [4.69, 9.17) is 9.47 Å². The van der Waals surface area contributed by atoms with Gasteiger partial charge in [-0.1, -0.05) is 133 Å². The second-order valence-electron chi connectivity index (χ2n) is 12.9. The van der Waals surface area contributed by atoms with E-state index in [9.17, 15) is 0 Å². The molecule has 51 heavy (non-hydrogen) atoms. The SMILES string of the molecule is c1ccc(-c2ccc3c(c2)Oc2ccccc2-c2ccccc2Oc2ccc(-c4cccc5c6ccccc6n(-c6ccccc6)c45)cc2-3)cc1. The Morgan fingerprint density at radius 3 is 1.67 bits per heavy atom. The fraction of sp³-hybridized carbons (Fsp3) is 0. The molecule has 1 aliphatic heterocycles. The molecule has 0 atom stereocenters. The molecule has 3 heteroatoms. The minimum Gasteiger partial charge on any atom is -0.456 e. The first-order chi connectivity index (χ1) is 25.3. The highest BCUT2D eigenvalue weighted by Gasteiger charge is 2.23. The summed E-state index contributed by atoms with van der Waals surface area (Å²) < 4.78 is 16.3. The molecule has 0 fully saturated rings. The lowest BCUT2D eigenvalue weighted by atomic mass is 9.94. The van der Waals surface area contributed by atoms with Crippen molar-refractivity contribution in [3.8, 4) is 73.2 Å². The Labute approximate surface area is 296 Å². The summed E-state index contributed by atoms with van der Waals surface area (Å²) in [5.41, 5.74) is 11.8. The summed E-state index contributed by atoms with van der Waals surface area (Å²) >= 11 is 0. The van der Waals surface area contributed by atoms with Crippen LogP contribution in [0.15, 0.2) is 188 Å². The number of fused-ring (bicyclic) bond motifs is 9. The van der Waals surface area contributed by atoms with E-state index < -0.39 is 0 Å². The van der Waals surface area contributed by atoms with E-state index in [2.05, 4.69) is 150 Å². The van der Waals surface area contributed by atoms with Crippen LogP contribution in [0, 0.1) is 0 Å². The molecular weight excluding hydrogens is 623 g/mol. The Morgan fingerprint density at radius 2 is 0.882 bits per heavy atom. The summed E-state index contributed by atoms with van der Waals surface area (Å²) in [5, 5.41) is 2.44. The highest BCUT2D eigenvalue weighted by molar-refractivity contribution is 6.14. The molecule has 0 saturated carbocycles. The molecule has 8 aromatic carbocycles. The van der Waals surface area contributed by atoms with Gasteiger partial charge in [-0.25, -0.2) is 0 Å². The maximum absolute atomic E-state index is 6.97. The highest BCUT2D eigenvalue weighted by atomic mass is 16.5. The first-order valence-electron chi connectivity index (χ1n) is 17.3. The Morgan fingerprint density at radius 1 is 0.314 bits per heavy atom.